The maximum atomic E-state index is 12.0. The number of nitrogens with one attached hydrogen (secondary N) is 1. The van der Waals surface area contributed by atoms with E-state index in [1.54, 1.807) is 0 Å². The average Bonchev–Trinajstić information content (AvgIpc) is 2.84. The SMILES string of the molecule is N#CCCCC(=O)N[C@H]1CC[C@H](CCN2CCN(c3cccc4cccnc34)CC2)CC1. The molecule has 0 spiro atoms. The molecule has 0 radical (unpaired) electrons. The van der Waals surface area contributed by atoms with Gasteiger partial charge in [-0.1, -0.05) is 18.2 Å². The van der Waals surface area contributed by atoms with Crippen molar-refractivity contribution in [3.8, 4) is 6.07 Å². The molecule has 1 aliphatic heterocycles. The van der Waals surface area contributed by atoms with Crippen molar-refractivity contribution in [2.45, 2.75) is 57.4 Å². The summed E-state index contributed by atoms with van der Waals surface area (Å²) in [7, 11) is 0. The van der Waals surface area contributed by atoms with Gasteiger partial charge in [-0.3, -0.25) is 14.7 Å². The summed E-state index contributed by atoms with van der Waals surface area (Å²) >= 11 is 0. The van der Waals surface area contributed by atoms with Crippen LogP contribution < -0.4 is 10.2 Å². The number of hydrogen-bond donors (Lipinski definition) is 1. The third-order valence-corrected chi connectivity index (χ3v) is 7.08. The molecule has 170 valence electrons. The molecule has 2 fully saturated rings. The Bertz CT molecular complexity index is 918. The second kappa shape index (κ2) is 11.3. The molecule has 32 heavy (non-hydrogen) atoms. The zero-order chi connectivity index (χ0) is 22.2. The van der Waals surface area contributed by atoms with Gasteiger partial charge < -0.3 is 10.2 Å². The van der Waals surface area contributed by atoms with Crippen molar-refractivity contribution in [1.82, 2.24) is 15.2 Å². The summed E-state index contributed by atoms with van der Waals surface area (Å²) in [6.45, 7) is 5.51. The van der Waals surface area contributed by atoms with Crippen molar-refractivity contribution in [1.29, 1.82) is 5.26 Å². The molecule has 1 saturated heterocycles. The van der Waals surface area contributed by atoms with Gasteiger partial charge in [0.2, 0.25) is 5.91 Å². The van der Waals surface area contributed by atoms with Gasteiger partial charge in [-0.2, -0.15) is 5.26 Å². The lowest BCUT2D eigenvalue weighted by Crippen LogP contribution is -2.47. The van der Waals surface area contributed by atoms with Crippen LogP contribution in [0.15, 0.2) is 36.5 Å². The molecule has 0 atom stereocenters. The Morgan fingerprint density at radius 1 is 1.09 bits per heavy atom. The first kappa shape index (κ1) is 22.5. The number of nitriles is 1. The van der Waals surface area contributed by atoms with E-state index in [0.717, 1.165) is 50.5 Å². The first-order chi connectivity index (χ1) is 15.7. The largest absolute Gasteiger partial charge is 0.367 e. The van der Waals surface area contributed by atoms with E-state index in [1.807, 2.05) is 12.3 Å². The minimum atomic E-state index is 0.114. The van der Waals surface area contributed by atoms with Gasteiger partial charge in [0.15, 0.2) is 0 Å². The zero-order valence-corrected chi connectivity index (χ0v) is 19.0. The number of rotatable bonds is 8. The van der Waals surface area contributed by atoms with Crippen LogP contribution in [0, 0.1) is 17.2 Å². The lowest BCUT2D eigenvalue weighted by atomic mass is 9.84. The maximum absolute atomic E-state index is 12.0. The highest BCUT2D eigenvalue weighted by molar-refractivity contribution is 5.90. The van der Waals surface area contributed by atoms with Crippen LogP contribution in [0.25, 0.3) is 10.9 Å². The first-order valence-electron chi connectivity index (χ1n) is 12.2. The number of piperazine rings is 1. The predicted octanol–water partition coefficient (Wildman–Crippen LogP) is 4.12. The Labute approximate surface area is 191 Å². The molecule has 2 aromatic rings. The van der Waals surface area contributed by atoms with Crippen molar-refractivity contribution < 1.29 is 4.79 Å². The monoisotopic (exact) mass is 433 g/mol. The summed E-state index contributed by atoms with van der Waals surface area (Å²) < 4.78 is 0. The molecule has 1 aromatic carbocycles. The number of unbranched alkanes of at least 4 members (excludes halogenated alkanes) is 1. The molecule has 1 saturated carbocycles. The topological polar surface area (TPSA) is 72.3 Å². The normalized spacial score (nSPS) is 21.9. The second-order valence-corrected chi connectivity index (χ2v) is 9.27. The molecule has 0 unspecified atom stereocenters. The number of anilines is 1. The van der Waals surface area contributed by atoms with E-state index in [0.29, 0.717) is 25.3 Å². The van der Waals surface area contributed by atoms with Gasteiger partial charge in [-0.05, 0) is 63.1 Å². The highest BCUT2D eigenvalue weighted by atomic mass is 16.1. The number of hydrogen-bond acceptors (Lipinski definition) is 5. The van der Waals surface area contributed by atoms with Gasteiger partial charge in [-0.15, -0.1) is 0 Å². The Balaban J connectivity index is 1.16. The van der Waals surface area contributed by atoms with Gasteiger partial charge in [0.25, 0.3) is 0 Å². The fourth-order valence-electron chi connectivity index (χ4n) is 5.14. The molecule has 2 heterocycles. The first-order valence-corrected chi connectivity index (χ1v) is 12.2. The van der Waals surface area contributed by atoms with Crippen molar-refractivity contribution in [3.63, 3.8) is 0 Å². The average molecular weight is 434 g/mol. The van der Waals surface area contributed by atoms with E-state index < -0.39 is 0 Å². The van der Waals surface area contributed by atoms with Gasteiger partial charge in [0, 0.05) is 56.6 Å². The number of para-hydroxylation sites is 1. The van der Waals surface area contributed by atoms with Crippen LogP contribution in [-0.4, -0.2) is 54.6 Å². The van der Waals surface area contributed by atoms with Crippen LogP contribution in [0.4, 0.5) is 5.69 Å². The van der Waals surface area contributed by atoms with Crippen molar-refractivity contribution in [3.05, 3.63) is 36.5 Å². The number of carbonyl (C=O) groups excluding carboxylic acids is 1. The van der Waals surface area contributed by atoms with E-state index in [1.165, 1.54) is 36.9 Å². The summed E-state index contributed by atoms with van der Waals surface area (Å²) in [6, 6.07) is 13.0. The highest BCUT2D eigenvalue weighted by Crippen LogP contribution is 2.28. The van der Waals surface area contributed by atoms with Crippen LogP contribution in [0.3, 0.4) is 0 Å². The number of nitrogens with zero attached hydrogens (tertiary/aromatic N) is 4. The van der Waals surface area contributed by atoms with Crippen LogP contribution in [0.5, 0.6) is 0 Å². The van der Waals surface area contributed by atoms with E-state index in [4.69, 9.17) is 5.26 Å². The summed E-state index contributed by atoms with van der Waals surface area (Å²) in [6.07, 6.45) is 9.38. The van der Waals surface area contributed by atoms with Gasteiger partial charge in [-0.25, -0.2) is 0 Å². The quantitative estimate of drug-likeness (QED) is 0.634. The zero-order valence-electron chi connectivity index (χ0n) is 19.0. The maximum Gasteiger partial charge on any atom is 0.220 e. The summed E-state index contributed by atoms with van der Waals surface area (Å²) in [5.41, 5.74) is 2.37. The standard InChI is InChI=1S/C26H35N5O/c27-14-2-1-8-25(32)29-23-11-9-21(10-12-23)13-16-30-17-19-31(20-18-30)24-7-3-5-22-6-4-15-28-26(22)24/h3-7,15,21,23H,1-2,8-13,16-20H2,(H,29,32)/t21-,23-. The molecule has 1 N–H and O–H groups in total. The Morgan fingerprint density at radius 3 is 2.66 bits per heavy atom. The van der Waals surface area contributed by atoms with E-state index in [2.05, 4.69) is 50.4 Å². The van der Waals surface area contributed by atoms with E-state index in [-0.39, 0.29) is 5.91 Å². The molecule has 0 bridgehead atoms. The molecular formula is C26H35N5O. The van der Waals surface area contributed by atoms with Crippen molar-refractivity contribution in [2.24, 2.45) is 5.92 Å². The minimum Gasteiger partial charge on any atom is -0.367 e. The third kappa shape index (κ3) is 5.98. The lowest BCUT2D eigenvalue weighted by molar-refractivity contribution is -0.122. The molecule has 1 amide bonds. The van der Waals surface area contributed by atoms with Crippen LogP contribution >= 0.6 is 0 Å². The number of amides is 1. The fourth-order valence-corrected chi connectivity index (χ4v) is 5.14. The lowest BCUT2D eigenvalue weighted by Gasteiger charge is -2.37. The molecule has 6 heteroatoms. The molecule has 1 aliphatic carbocycles. The summed E-state index contributed by atoms with van der Waals surface area (Å²) in [5, 5.41) is 13.0. The van der Waals surface area contributed by atoms with Crippen LogP contribution in [0.1, 0.15) is 51.4 Å². The fraction of sp³-hybridized carbons (Fsp3) is 0.577. The smallest absolute Gasteiger partial charge is 0.220 e. The molecule has 2 aliphatic rings. The second-order valence-electron chi connectivity index (χ2n) is 9.27. The Morgan fingerprint density at radius 2 is 1.88 bits per heavy atom. The van der Waals surface area contributed by atoms with Gasteiger partial charge in [0.1, 0.15) is 0 Å². The Kier molecular flexibility index (Phi) is 7.95. The van der Waals surface area contributed by atoms with Crippen LogP contribution in [0.2, 0.25) is 0 Å². The predicted molar refractivity (Wildman–Crippen MR) is 128 cm³/mol. The number of benzene rings is 1. The van der Waals surface area contributed by atoms with E-state index >= 15 is 0 Å². The third-order valence-electron chi connectivity index (χ3n) is 7.08. The molecular weight excluding hydrogens is 398 g/mol. The van der Waals surface area contributed by atoms with Crippen molar-refractivity contribution in [2.75, 3.05) is 37.6 Å². The van der Waals surface area contributed by atoms with Crippen molar-refractivity contribution >= 4 is 22.5 Å². The van der Waals surface area contributed by atoms with Gasteiger partial charge in [0.05, 0.1) is 17.3 Å². The number of pyridine rings is 1. The van der Waals surface area contributed by atoms with Crippen LogP contribution in [-0.2, 0) is 4.79 Å². The molecule has 1 aromatic heterocycles. The molecule has 6 nitrogen and oxygen atoms in total. The summed E-state index contributed by atoms with van der Waals surface area (Å²) in [4.78, 5) is 21.7. The number of fused-ring (bicyclic) bond motifs is 1. The highest BCUT2D eigenvalue weighted by Gasteiger charge is 2.24. The number of carbonyl (C=O) groups is 1. The Hall–Kier alpha value is -2.65. The molecule has 4 rings (SSSR count). The minimum absolute atomic E-state index is 0.114. The number of aromatic nitrogens is 1. The van der Waals surface area contributed by atoms with Gasteiger partial charge >= 0.3 is 0 Å². The summed E-state index contributed by atoms with van der Waals surface area (Å²) in [5.74, 6) is 0.894. The van der Waals surface area contributed by atoms with E-state index in [9.17, 15) is 4.79 Å².